The molecule has 0 aromatic heterocycles. The molecule has 7 heteroatoms. The van der Waals surface area contributed by atoms with Crippen molar-refractivity contribution in [1.29, 1.82) is 0 Å². The van der Waals surface area contributed by atoms with Gasteiger partial charge in [-0.25, -0.2) is 0 Å². The normalized spacial score (nSPS) is 20.6. The number of hydrogen-bond acceptors (Lipinski definition) is 4. The van der Waals surface area contributed by atoms with E-state index in [1.165, 1.54) is 12.1 Å². The quantitative estimate of drug-likeness (QED) is 0.453. The first-order valence-electron chi connectivity index (χ1n) is 10.2. The van der Waals surface area contributed by atoms with Crippen molar-refractivity contribution in [1.82, 2.24) is 0 Å². The molecule has 1 heterocycles. The minimum Gasteiger partial charge on any atom is -0.294 e. The molecular formula is C24H23ClN2O4. The van der Waals surface area contributed by atoms with Crippen LogP contribution in [0.5, 0.6) is 0 Å². The maximum absolute atomic E-state index is 13.4. The van der Waals surface area contributed by atoms with Gasteiger partial charge in [0, 0.05) is 47.2 Å². The third kappa shape index (κ3) is 3.88. The highest BCUT2D eigenvalue weighted by molar-refractivity contribution is 6.31. The average Bonchev–Trinajstić information content (AvgIpc) is 2.68. The van der Waals surface area contributed by atoms with Gasteiger partial charge in [-0.15, -0.1) is 0 Å². The van der Waals surface area contributed by atoms with Gasteiger partial charge >= 0.3 is 0 Å². The van der Waals surface area contributed by atoms with Gasteiger partial charge in [-0.2, -0.15) is 0 Å². The van der Waals surface area contributed by atoms with Crippen LogP contribution in [0, 0.1) is 22.5 Å². The number of Topliss-reactive ketones (excluding diaryl/α,β-unsaturated/α-hetero) is 1. The summed E-state index contributed by atoms with van der Waals surface area (Å²) in [5.74, 6) is -0.659. The lowest BCUT2D eigenvalue weighted by atomic mass is 9.69. The number of carbonyl (C=O) groups excluding carboxylic acids is 2. The van der Waals surface area contributed by atoms with E-state index in [2.05, 4.69) is 0 Å². The number of non-ortho nitro benzene ring substituents is 1. The van der Waals surface area contributed by atoms with Crippen molar-refractivity contribution < 1.29 is 14.5 Å². The second kappa shape index (κ2) is 7.61. The highest BCUT2D eigenvalue weighted by Gasteiger charge is 2.44. The molecule has 0 spiro atoms. The number of anilines is 1. The fraction of sp³-hybridized carbons (Fsp3) is 0.333. The molecule has 0 saturated heterocycles. The second-order valence-electron chi connectivity index (χ2n) is 9.07. The molecule has 0 fully saturated rings. The van der Waals surface area contributed by atoms with Crippen molar-refractivity contribution >= 4 is 34.7 Å². The summed E-state index contributed by atoms with van der Waals surface area (Å²) in [6.07, 6.45) is 0.989. The van der Waals surface area contributed by atoms with Gasteiger partial charge in [0.1, 0.15) is 0 Å². The third-order valence-electron chi connectivity index (χ3n) is 6.04. The fourth-order valence-corrected chi connectivity index (χ4v) is 4.82. The van der Waals surface area contributed by atoms with Gasteiger partial charge in [0.25, 0.3) is 5.69 Å². The van der Waals surface area contributed by atoms with E-state index in [1.807, 2.05) is 26.8 Å². The number of carbonyl (C=O) groups is 2. The standard InChI is InChI=1S/C24H23ClN2O4/c1-14-7-8-16(25)10-19(14)26-20-12-24(2,3)13-21(28)23(20)18(11-22(26)29)15-5-4-6-17(9-15)27(30)31/h4-10,18H,11-13H2,1-3H3. The Morgan fingerprint density at radius 2 is 1.87 bits per heavy atom. The van der Waals surface area contributed by atoms with Gasteiger partial charge in [0.05, 0.1) is 10.6 Å². The summed E-state index contributed by atoms with van der Waals surface area (Å²) < 4.78 is 0. The fourth-order valence-electron chi connectivity index (χ4n) is 4.66. The Morgan fingerprint density at radius 1 is 1.13 bits per heavy atom. The number of rotatable bonds is 3. The zero-order chi connectivity index (χ0) is 22.5. The number of nitro benzene ring substituents is 1. The third-order valence-corrected chi connectivity index (χ3v) is 6.27. The lowest BCUT2D eigenvalue weighted by Gasteiger charge is -2.43. The highest BCUT2D eigenvalue weighted by atomic mass is 35.5. The summed E-state index contributed by atoms with van der Waals surface area (Å²) in [6, 6.07) is 11.6. The molecule has 31 heavy (non-hydrogen) atoms. The number of amides is 1. The van der Waals surface area contributed by atoms with Gasteiger partial charge in [0.15, 0.2) is 5.78 Å². The van der Waals surface area contributed by atoms with Crippen LogP contribution in [0.1, 0.15) is 50.2 Å². The Morgan fingerprint density at radius 3 is 2.58 bits per heavy atom. The molecule has 4 rings (SSSR count). The van der Waals surface area contributed by atoms with Crippen molar-refractivity contribution in [3.63, 3.8) is 0 Å². The van der Waals surface area contributed by atoms with Gasteiger partial charge in [0.2, 0.25) is 5.91 Å². The van der Waals surface area contributed by atoms with Crippen LogP contribution >= 0.6 is 11.6 Å². The molecule has 1 amide bonds. The van der Waals surface area contributed by atoms with E-state index in [9.17, 15) is 19.7 Å². The second-order valence-corrected chi connectivity index (χ2v) is 9.51. The predicted molar refractivity (Wildman–Crippen MR) is 119 cm³/mol. The van der Waals surface area contributed by atoms with Crippen molar-refractivity contribution in [3.05, 3.63) is 80.0 Å². The van der Waals surface area contributed by atoms with Crippen LogP contribution < -0.4 is 4.90 Å². The van der Waals surface area contributed by atoms with Gasteiger partial charge in [-0.1, -0.05) is 43.6 Å². The molecule has 0 bridgehead atoms. The van der Waals surface area contributed by atoms with E-state index < -0.39 is 10.8 Å². The number of allylic oxidation sites excluding steroid dienone is 2. The number of hydrogen-bond donors (Lipinski definition) is 0. The molecule has 0 radical (unpaired) electrons. The number of nitro groups is 1. The minimum atomic E-state index is -0.498. The van der Waals surface area contributed by atoms with Crippen molar-refractivity contribution in [2.45, 2.75) is 46.0 Å². The molecule has 2 aromatic carbocycles. The molecule has 1 unspecified atom stereocenters. The lowest BCUT2D eigenvalue weighted by molar-refractivity contribution is -0.384. The van der Waals surface area contributed by atoms with Crippen LogP contribution in [0.3, 0.4) is 0 Å². The van der Waals surface area contributed by atoms with Crippen LogP contribution in [0.25, 0.3) is 0 Å². The Hall–Kier alpha value is -2.99. The molecule has 160 valence electrons. The van der Waals surface area contributed by atoms with Crippen molar-refractivity contribution in [3.8, 4) is 0 Å². The highest BCUT2D eigenvalue weighted by Crippen LogP contribution is 2.49. The molecule has 6 nitrogen and oxygen atoms in total. The largest absolute Gasteiger partial charge is 0.294 e. The molecule has 1 atom stereocenters. The first-order valence-corrected chi connectivity index (χ1v) is 10.5. The number of benzene rings is 2. The molecule has 1 aliphatic heterocycles. The number of ketones is 1. The van der Waals surface area contributed by atoms with Crippen molar-refractivity contribution in [2.75, 3.05) is 4.90 Å². The number of nitrogens with zero attached hydrogens (tertiary/aromatic N) is 2. The van der Waals surface area contributed by atoms with E-state index in [0.717, 1.165) is 5.56 Å². The molecule has 2 aliphatic rings. The zero-order valence-corrected chi connectivity index (χ0v) is 18.4. The Labute approximate surface area is 185 Å². The first kappa shape index (κ1) is 21.2. The molecule has 0 saturated carbocycles. The summed E-state index contributed by atoms with van der Waals surface area (Å²) in [4.78, 5) is 39.2. The van der Waals surface area contributed by atoms with Crippen LogP contribution in [0.4, 0.5) is 11.4 Å². The Balaban J connectivity index is 1.93. The Bertz CT molecular complexity index is 1150. The van der Waals surface area contributed by atoms with Gasteiger partial charge in [-0.05, 0) is 42.0 Å². The summed E-state index contributed by atoms with van der Waals surface area (Å²) in [5.41, 5.74) is 3.08. The maximum Gasteiger partial charge on any atom is 0.269 e. The van der Waals surface area contributed by atoms with Crippen LogP contribution in [-0.4, -0.2) is 16.6 Å². The summed E-state index contributed by atoms with van der Waals surface area (Å²) in [7, 11) is 0. The van der Waals surface area contributed by atoms with E-state index in [-0.39, 0.29) is 29.2 Å². The SMILES string of the molecule is Cc1ccc(Cl)cc1N1C(=O)CC(c2cccc([N+](=O)[O-])c2)C2=C1CC(C)(C)CC2=O. The van der Waals surface area contributed by atoms with E-state index in [4.69, 9.17) is 11.6 Å². The predicted octanol–water partition coefficient (Wildman–Crippen LogP) is 5.72. The van der Waals surface area contributed by atoms with Crippen LogP contribution in [0.2, 0.25) is 5.02 Å². The topological polar surface area (TPSA) is 80.5 Å². The number of halogens is 1. The molecule has 0 N–H and O–H groups in total. The van der Waals surface area contributed by atoms with Gasteiger partial charge in [-0.3, -0.25) is 24.6 Å². The molecule has 1 aliphatic carbocycles. The minimum absolute atomic E-state index is 0.0139. The first-order chi connectivity index (χ1) is 14.6. The van der Waals surface area contributed by atoms with Gasteiger partial charge < -0.3 is 0 Å². The summed E-state index contributed by atoms with van der Waals surface area (Å²) >= 11 is 6.23. The summed E-state index contributed by atoms with van der Waals surface area (Å²) in [6.45, 7) is 5.93. The smallest absolute Gasteiger partial charge is 0.269 e. The maximum atomic E-state index is 13.4. The number of aryl methyl sites for hydroxylation is 1. The van der Waals surface area contributed by atoms with E-state index >= 15 is 0 Å². The Kier molecular flexibility index (Phi) is 5.21. The van der Waals surface area contributed by atoms with Crippen molar-refractivity contribution in [2.24, 2.45) is 5.41 Å². The van der Waals surface area contributed by atoms with E-state index in [0.29, 0.717) is 40.4 Å². The van der Waals surface area contributed by atoms with Crippen LogP contribution in [-0.2, 0) is 9.59 Å². The monoisotopic (exact) mass is 438 g/mol. The van der Waals surface area contributed by atoms with Crippen LogP contribution in [0.15, 0.2) is 53.7 Å². The zero-order valence-electron chi connectivity index (χ0n) is 17.6. The van der Waals surface area contributed by atoms with E-state index in [1.54, 1.807) is 29.2 Å². The molecular weight excluding hydrogens is 416 g/mol. The molecule has 2 aromatic rings. The average molecular weight is 439 g/mol. The summed E-state index contributed by atoms with van der Waals surface area (Å²) in [5, 5.41) is 11.8. The lowest BCUT2D eigenvalue weighted by Crippen LogP contribution is -2.44.